The number of hydrogen-bond acceptors (Lipinski definition) is 4. The van der Waals surface area contributed by atoms with Crippen LogP contribution in [0.15, 0.2) is 24.5 Å². The van der Waals surface area contributed by atoms with E-state index in [0.717, 1.165) is 58.4 Å². The second-order valence-corrected chi connectivity index (χ2v) is 8.62. The Labute approximate surface area is 171 Å². The van der Waals surface area contributed by atoms with E-state index in [1.807, 2.05) is 30.4 Å². The van der Waals surface area contributed by atoms with Gasteiger partial charge in [-0.05, 0) is 69.8 Å². The Morgan fingerprint density at radius 3 is 2.61 bits per heavy atom. The van der Waals surface area contributed by atoms with Gasteiger partial charge in [0.25, 0.3) is 0 Å². The molecule has 28 heavy (non-hydrogen) atoms. The second-order valence-electron chi connectivity index (χ2n) is 8.62. The van der Waals surface area contributed by atoms with Crippen molar-refractivity contribution < 1.29 is 4.79 Å². The molecule has 0 aromatic carbocycles. The zero-order valence-electron chi connectivity index (χ0n) is 18.0. The van der Waals surface area contributed by atoms with E-state index < -0.39 is 0 Å². The molecule has 0 radical (unpaired) electrons. The van der Waals surface area contributed by atoms with Crippen molar-refractivity contribution in [3.63, 3.8) is 0 Å². The normalized spacial score (nSPS) is 22.5. The molecule has 0 aliphatic carbocycles. The molecule has 0 N–H and O–H groups in total. The van der Waals surface area contributed by atoms with Crippen LogP contribution in [0.4, 0.5) is 0 Å². The predicted octanol–water partition coefficient (Wildman–Crippen LogP) is 3.41. The zero-order valence-corrected chi connectivity index (χ0v) is 18.0. The van der Waals surface area contributed by atoms with Gasteiger partial charge in [-0.15, -0.1) is 0 Å². The molecule has 2 fully saturated rings. The third kappa shape index (κ3) is 5.32. The van der Waals surface area contributed by atoms with Gasteiger partial charge >= 0.3 is 0 Å². The fourth-order valence-electron chi connectivity index (χ4n) is 5.04. The molecule has 0 unspecified atom stereocenters. The van der Waals surface area contributed by atoms with Crippen molar-refractivity contribution in [2.45, 2.75) is 71.0 Å². The first kappa shape index (κ1) is 21.3. The second kappa shape index (κ2) is 10.4. The van der Waals surface area contributed by atoms with Crippen LogP contribution < -0.4 is 0 Å². The highest BCUT2D eigenvalue weighted by Gasteiger charge is 2.33. The van der Waals surface area contributed by atoms with Gasteiger partial charge < -0.3 is 4.90 Å². The highest BCUT2D eigenvalue weighted by molar-refractivity contribution is 5.79. The van der Waals surface area contributed by atoms with Gasteiger partial charge in [0.1, 0.15) is 0 Å². The SMILES string of the molecule is CCC(CC)N(C)C(=O)[C@H]1CCCN(C2CCN(Cc3cccnc3)CC2)C1. The van der Waals surface area contributed by atoms with E-state index in [0.29, 0.717) is 18.0 Å². The molecular weight excluding hydrogens is 348 g/mol. The molecule has 1 amide bonds. The van der Waals surface area contributed by atoms with Crippen molar-refractivity contribution in [3.8, 4) is 0 Å². The number of nitrogens with zero attached hydrogens (tertiary/aromatic N) is 4. The Kier molecular flexibility index (Phi) is 7.86. The lowest BCUT2D eigenvalue weighted by atomic mass is 9.92. The Morgan fingerprint density at radius 2 is 1.96 bits per heavy atom. The number of likely N-dealkylation sites (tertiary alicyclic amines) is 2. The van der Waals surface area contributed by atoms with E-state index >= 15 is 0 Å². The molecule has 156 valence electrons. The average molecular weight is 387 g/mol. The summed E-state index contributed by atoms with van der Waals surface area (Å²) in [5.74, 6) is 0.556. The Balaban J connectivity index is 1.49. The lowest BCUT2D eigenvalue weighted by molar-refractivity contribution is -0.138. The minimum atomic E-state index is 0.188. The van der Waals surface area contributed by atoms with Crippen molar-refractivity contribution in [2.75, 3.05) is 33.2 Å². The smallest absolute Gasteiger partial charge is 0.226 e. The first-order chi connectivity index (χ1) is 13.6. The minimum absolute atomic E-state index is 0.188. The van der Waals surface area contributed by atoms with Gasteiger partial charge in [-0.3, -0.25) is 19.6 Å². The maximum absolute atomic E-state index is 13.0. The summed E-state index contributed by atoms with van der Waals surface area (Å²) in [7, 11) is 2.01. The van der Waals surface area contributed by atoms with Gasteiger partial charge in [0.2, 0.25) is 5.91 Å². The lowest BCUT2D eigenvalue weighted by Crippen LogP contribution is -2.51. The van der Waals surface area contributed by atoms with Crippen LogP contribution in [0, 0.1) is 5.92 Å². The van der Waals surface area contributed by atoms with Crippen molar-refractivity contribution in [1.82, 2.24) is 19.7 Å². The molecular formula is C23H38N4O. The molecule has 1 aromatic rings. The fourth-order valence-corrected chi connectivity index (χ4v) is 5.04. The standard InChI is InChI=1S/C23H38N4O/c1-4-21(5-2)25(3)23(28)20-9-7-13-27(18-20)22-10-14-26(15-11-22)17-19-8-6-12-24-16-19/h6,8,12,16,20-22H,4-5,7,9-11,13-15,17-18H2,1-3H3/t20-/m0/s1. The molecule has 2 aliphatic heterocycles. The maximum atomic E-state index is 13.0. The van der Waals surface area contributed by atoms with E-state index in [9.17, 15) is 4.79 Å². The van der Waals surface area contributed by atoms with E-state index in [2.05, 4.69) is 34.7 Å². The number of aromatic nitrogens is 1. The largest absolute Gasteiger partial charge is 0.343 e. The van der Waals surface area contributed by atoms with Crippen LogP contribution in [0.25, 0.3) is 0 Å². The van der Waals surface area contributed by atoms with Crippen LogP contribution >= 0.6 is 0 Å². The van der Waals surface area contributed by atoms with Crippen LogP contribution in [0.5, 0.6) is 0 Å². The predicted molar refractivity (Wildman–Crippen MR) is 114 cm³/mol. The Hall–Kier alpha value is -1.46. The summed E-state index contributed by atoms with van der Waals surface area (Å²) in [5.41, 5.74) is 1.30. The molecule has 2 aliphatic rings. The number of carbonyl (C=O) groups excluding carboxylic acids is 1. The number of pyridine rings is 1. The van der Waals surface area contributed by atoms with E-state index in [1.165, 1.54) is 18.4 Å². The quantitative estimate of drug-likeness (QED) is 0.720. The zero-order chi connectivity index (χ0) is 19.9. The number of piperidine rings is 2. The van der Waals surface area contributed by atoms with Gasteiger partial charge in [-0.25, -0.2) is 0 Å². The van der Waals surface area contributed by atoms with Crippen LogP contribution in [-0.2, 0) is 11.3 Å². The molecule has 1 atom stereocenters. The Morgan fingerprint density at radius 1 is 1.21 bits per heavy atom. The summed E-state index contributed by atoms with van der Waals surface area (Å²) < 4.78 is 0. The van der Waals surface area contributed by atoms with Crippen LogP contribution in [-0.4, -0.2) is 70.9 Å². The fraction of sp³-hybridized carbons (Fsp3) is 0.739. The number of hydrogen-bond donors (Lipinski definition) is 0. The summed E-state index contributed by atoms with van der Waals surface area (Å²) in [4.78, 5) is 24.5. The first-order valence-corrected chi connectivity index (χ1v) is 11.2. The van der Waals surface area contributed by atoms with Crippen LogP contribution in [0.1, 0.15) is 57.9 Å². The molecule has 0 bridgehead atoms. The molecule has 2 saturated heterocycles. The number of amides is 1. The summed E-state index contributed by atoms with van der Waals surface area (Å²) in [6.07, 6.45) is 10.5. The molecule has 3 rings (SSSR count). The van der Waals surface area contributed by atoms with Crippen molar-refractivity contribution in [2.24, 2.45) is 5.92 Å². The summed E-state index contributed by atoms with van der Waals surface area (Å²) >= 11 is 0. The Bertz CT molecular complexity index is 596. The highest BCUT2D eigenvalue weighted by Crippen LogP contribution is 2.26. The van der Waals surface area contributed by atoms with Gasteiger partial charge in [0, 0.05) is 44.6 Å². The maximum Gasteiger partial charge on any atom is 0.226 e. The summed E-state index contributed by atoms with van der Waals surface area (Å²) in [6, 6.07) is 5.21. The molecule has 1 aromatic heterocycles. The van der Waals surface area contributed by atoms with Crippen molar-refractivity contribution in [1.29, 1.82) is 0 Å². The summed E-state index contributed by atoms with van der Waals surface area (Å²) in [6.45, 7) is 9.77. The van der Waals surface area contributed by atoms with E-state index in [1.54, 1.807) is 0 Å². The van der Waals surface area contributed by atoms with Gasteiger partial charge in [0.05, 0.1) is 5.92 Å². The summed E-state index contributed by atoms with van der Waals surface area (Å²) in [5, 5.41) is 0. The molecule has 5 nitrogen and oxygen atoms in total. The van der Waals surface area contributed by atoms with Gasteiger partial charge in [-0.1, -0.05) is 19.9 Å². The lowest BCUT2D eigenvalue weighted by Gasteiger charge is -2.43. The van der Waals surface area contributed by atoms with Gasteiger partial charge in [0.15, 0.2) is 0 Å². The third-order valence-corrected chi connectivity index (χ3v) is 6.84. The highest BCUT2D eigenvalue weighted by atomic mass is 16.2. The third-order valence-electron chi connectivity index (χ3n) is 6.84. The van der Waals surface area contributed by atoms with E-state index in [4.69, 9.17) is 0 Å². The molecule has 0 spiro atoms. The average Bonchev–Trinajstić information content (AvgIpc) is 2.75. The van der Waals surface area contributed by atoms with Crippen LogP contribution in [0.2, 0.25) is 0 Å². The molecule has 3 heterocycles. The van der Waals surface area contributed by atoms with E-state index in [-0.39, 0.29) is 5.92 Å². The van der Waals surface area contributed by atoms with Gasteiger partial charge in [-0.2, -0.15) is 0 Å². The number of rotatable bonds is 7. The van der Waals surface area contributed by atoms with Crippen molar-refractivity contribution >= 4 is 5.91 Å². The van der Waals surface area contributed by atoms with Crippen molar-refractivity contribution in [3.05, 3.63) is 30.1 Å². The molecule has 5 heteroatoms. The first-order valence-electron chi connectivity index (χ1n) is 11.2. The molecule has 0 saturated carbocycles. The topological polar surface area (TPSA) is 39.7 Å². The minimum Gasteiger partial charge on any atom is -0.343 e. The monoisotopic (exact) mass is 386 g/mol. The van der Waals surface area contributed by atoms with Crippen LogP contribution in [0.3, 0.4) is 0 Å². The number of carbonyl (C=O) groups is 1.